The quantitative estimate of drug-likeness (QED) is 0.381. The van der Waals surface area contributed by atoms with Gasteiger partial charge in [0, 0.05) is 6.54 Å². The van der Waals surface area contributed by atoms with Crippen molar-refractivity contribution in [2.75, 3.05) is 19.7 Å². The van der Waals surface area contributed by atoms with E-state index in [9.17, 15) is 24.4 Å². The maximum atomic E-state index is 13.3. The van der Waals surface area contributed by atoms with E-state index in [1.54, 1.807) is 46.8 Å². The van der Waals surface area contributed by atoms with Gasteiger partial charge in [0.1, 0.15) is 24.2 Å². The Bertz CT molecular complexity index is 964. The summed E-state index contributed by atoms with van der Waals surface area (Å²) in [6, 6.07) is 5.10. The Morgan fingerprint density at radius 1 is 1.17 bits per heavy atom. The third-order valence-corrected chi connectivity index (χ3v) is 4.84. The molecule has 3 amide bonds. The van der Waals surface area contributed by atoms with Gasteiger partial charge in [0.05, 0.1) is 19.1 Å². The molecule has 1 aromatic rings. The fourth-order valence-electron chi connectivity index (χ4n) is 3.37. The molecule has 0 aliphatic heterocycles. The van der Waals surface area contributed by atoms with Gasteiger partial charge in [-0.3, -0.25) is 14.4 Å². The predicted octanol–water partition coefficient (Wildman–Crippen LogP) is 2.68. The third-order valence-electron chi connectivity index (χ3n) is 4.84. The summed E-state index contributed by atoms with van der Waals surface area (Å²) < 4.78 is 10.1. The van der Waals surface area contributed by atoms with Crippen molar-refractivity contribution >= 4 is 23.9 Å². The van der Waals surface area contributed by atoms with Gasteiger partial charge in [0.2, 0.25) is 11.8 Å². The Balaban J connectivity index is 3.25. The van der Waals surface area contributed by atoms with Crippen molar-refractivity contribution in [3.63, 3.8) is 0 Å². The summed E-state index contributed by atoms with van der Waals surface area (Å²) in [5, 5.41) is 14.6. The first-order chi connectivity index (χ1) is 16.3. The maximum Gasteiger partial charge on any atom is 0.408 e. The first kappa shape index (κ1) is 29.4. The van der Waals surface area contributed by atoms with E-state index in [2.05, 4.69) is 10.6 Å². The van der Waals surface area contributed by atoms with E-state index in [0.717, 1.165) is 16.0 Å². The van der Waals surface area contributed by atoms with Gasteiger partial charge >= 0.3 is 12.1 Å². The summed E-state index contributed by atoms with van der Waals surface area (Å²) in [5.41, 5.74) is 1.47. The molecular weight excluding hydrogens is 452 g/mol. The first-order valence-electron chi connectivity index (χ1n) is 11.5. The second-order valence-electron chi connectivity index (χ2n) is 9.10. The SMILES string of the molecule is CCOC(=O)CCNC(=O)C(c1ccc(C)cc1C)N(CC#N)C(=O)C(C)NC(=O)OC(C)(C)C. The Morgan fingerprint density at radius 2 is 1.83 bits per heavy atom. The van der Waals surface area contributed by atoms with E-state index in [0.29, 0.717) is 5.56 Å². The molecule has 0 aliphatic carbocycles. The lowest BCUT2D eigenvalue weighted by Gasteiger charge is -2.32. The minimum Gasteiger partial charge on any atom is -0.466 e. The lowest BCUT2D eigenvalue weighted by atomic mass is 9.96. The molecule has 0 bridgehead atoms. The van der Waals surface area contributed by atoms with Crippen LogP contribution in [0.4, 0.5) is 4.79 Å². The first-order valence-corrected chi connectivity index (χ1v) is 11.5. The number of carbonyl (C=O) groups is 4. The summed E-state index contributed by atoms with van der Waals surface area (Å²) in [4.78, 5) is 51.6. The van der Waals surface area contributed by atoms with E-state index in [-0.39, 0.29) is 19.6 Å². The zero-order valence-electron chi connectivity index (χ0n) is 21.6. The maximum absolute atomic E-state index is 13.3. The van der Waals surface area contributed by atoms with Crippen LogP contribution in [-0.2, 0) is 23.9 Å². The van der Waals surface area contributed by atoms with Crippen molar-refractivity contribution in [3.05, 3.63) is 34.9 Å². The Labute approximate surface area is 206 Å². The van der Waals surface area contributed by atoms with Crippen LogP contribution in [0.1, 0.15) is 63.8 Å². The Hall–Kier alpha value is -3.61. The highest BCUT2D eigenvalue weighted by molar-refractivity contribution is 5.92. The smallest absolute Gasteiger partial charge is 0.408 e. The van der Waals surface area contributed by atoms with Crippen molar-refractivity contribution in [2.24, 2.45) is 0 Å². The van der Waals surface area contributed by atoms with E-state index in [4.69, 9.17) is 9.47 Å². The minimum absolute atomic E-state index is 0.000623. The normalized spacial score (nSPS) is 12.5. The molecule has 0 radical (unpaired) electrons. The lowest BCUT2D eigenvalue weighted by Crippen LogP contribution is -2.52. The number of carbonyl (C=O) groups excluding carboxylic acids is 4. The van der Waals surface area contributed by atoms with Gasteiger partial charge in [-0.2, -0.15) is 5.26 Å². The van der Waals surface area contributed by atoms with Crippen molar-refractivity contribution in [3.8, 4) is 6.07 Å². The van der Waals surface area contributed by atoms with Crippen LogP contribution in [-0.4, -0.2) is 60.1 Å². The summed E-state index contributed by atoms with van der Waals surface area (Å²) in [5.74, 6) is -1.66. The summed E-state index contributed by atoms with van der Waals surface area (Å²) in [7, 11) is 0. The largest absolute Gasteiger partial charge is 0.466 e. The molecule has 0 aromatic heterocycles. The number of hydrogen-bond acceptors (Lipinski definition) is 7. The van der Waals surface area contributed by atoms with Crippen LogP contribution in [0, 0.1) is 25.2 Å². The van der Waals surface area contributed by atoms with Crippen molar-refractivity contribution in [1.82, 2.24) is 15.5 Å². The molecule has 192 valence electrons. The standard InChI is InChI=1S/C25H36N4O6/c1-8-34-20(30)11-13-27-22(31)21(19-10-9-16(2)15-17(19)3)29(14-12-26)23(32)18(4)28-24(33)35-25(5,6)7/h9-10,15,18,21H,8,11,13-14H2,1-7H3,(H,27,31)(H,28,33). The fourth-order valence-corrected chi connectivity index (χ4v) is 3.37. The van der Waals surface area contributed by atoms with E-state index in [1.807, 2.05) is 19.1 Å². The van der Waals surface area contributed by atoms with Gasteiger partial charge in [-0.25, -0.2) is 4.79 Å². The highest BCUT2D eigenvalue weighted by Crippen LogP contribution is 2.26. The van der Waals surface area contributed by atoms with E-state index in [1.165, 1.54) is 6.92 Å². The molecule has 0 aliphatic rings. The average Bonchev–Trinajstić information content (AvgIpc) is 2.72. The average molecular weight is 489 g/mol. The van der Waals surface area contributed by atoms with Crippen molar-refractivity contribution in [1.29, 1.82) is 5.26 Å². The number of amides is 3. The molecule has 2 unspecified atom stereocenters. The molecule has 0 spiro atoms. The van der Waals surface area contributed by atoms with Crippen molar-refractivity contribution < 1.29 is 28.7 Å². The molecule has 2 N–H and O–H groups in total. The van der Waals surface area contributed by atoms with Gasteiger partial charge in [-0.1, -0.05) is 23.8 Å². The molecule has 0 saturated heterocycles. The number of aryl methyl sites for hydroxylation is 2. The van der Waals surface area contributed by atoms with E-state index < -0.39 is 48.1 Å². The molecule has 2 atom stereocenters. The minimum atomic E-state index is -1.16. The van der Waals surface area contributed by atoms with Crippen LogP contribution in [0.25, 0.3) is 0 Å². The van der Waals surface area contributed by atoms with Gasteiger partial charge in [-0.05, 0) is 59.6 Å². The highest BCUT2D eigenvalue weighted by atomic mass is 16.6. The third kappa shape index (κ3) is 9.65. The summed E-state index contributed by atoms with van der Waals surface area (Å²) in [6.07, 6.45) is -0.834. The van der Waals surface area contributed by atoms with Gasteiger partial charge in [-0.15, -0.1) is 0 Å². The lowest BCUT2D eigenvalue weighted by molar-refractivity contribution is -0.144. The summed E-state index contributed by atoms with van der Waals surface area (Å²) >= 11 is 0. The molecule has 10 heteroatoms. The zero-order valence-corrected chi connectivity index (χ0v) is 21.6. The molecular formula is C25H36N4O6. The topological polar surface area (TPSA) is 138 Å². The number of nitrogens with one attached hydrogen (secondary N) is 2. The number of hydrogen-bond donors (Lipinski definition) is 2. The van der Waals surface area contributed by atoms with Crippen molar-refractivity contribution in [2.45, 2.75) is 72.6 Å². The van der Waals surface area contributed by atoms with Crippen LogP contribution in [0.5, 0.6) is 0 Å². The number of ether oxygens (including phenoxy) is 2. The number of alkyl carbamates (subject to hydrolysis) is 1. The van der Waals surface area contributed by atoms with Gasteiger partial charge in [0.15, 0.2) is 0 Å². The van der Waals surface area contributed by atoms with Gasteiger partial charge in [0.25, 0.3) is 0 Å². The summed E-state index contributed by atoms with van der Waals surface area (Å²) in [6.45, 7) is 11.7. The molecule has 0 fully saturated rings. The molecule has 10 nitrogen and oxygen atoms in total. The monoisotopic (exact) mass is 488 g/mol. The molecule has 0 heterocycles. The highest BCUT2D eigenvalue weighted by Gasteiger charge is 2.35. The number of nitrogens with zero attached hydrogens (tertiary/aromatic N) is 2. The van der Waals surface area contributed by atoms with E-state index >= 15 is 0 Å². The molecule has 1 rings (SSSR count). The van der Waals surface area contributed by atoms with Crippen LogP contribution in [0.2, 0.25) is 0 Å². The molecule has 1 aromatic carbocycles. The van der Waals surface area contributed by atoms with Gasteiger partial charge < -0.3 is 25.0 Å². The number of rotatable bonds is 10. The number of nitriles is 1. The predicted molar refractivity (Wildman–Crippen MR) is 129 cm³/mol. The Morgan fingerprint density at radius 3 is 2.37 bits per heavy atom. The Kier molecular flexibility index (Phi) is 11.2. The number of benzene rings is 1. The fraction of sp³-hybridized carbons (Fsp3) is 0.560. The van der Waals surface area contributed by atoms with Crippen LogP contribution in [0.15, 0.2) is 18.2 Å². The zero-order chi connectivity index (χ0) is 26.8. The van der Waals surface area contributed by atoms with Crippen LogP contribution < -0.4 is 10.6 Å². The second-order valence-corrected chi connectivity index (χ2v) is 9.10. The molecule has 35 heavy (non-hydrogen) atoms. The van der Waals surface area contributed by atoms with Crippen LogP contribution in [0.3, 0.4) is 0 Å². The molecule has 0 saturated carbocycles. The van der Waals surface area contributed by atoms with Crippen LogP contribution >= 0.6 is 0 Å². The number of esters is 1. The second kappa shape index (κ2) is 13.3.